The van der Waals surface area contributed by atoms with Crippen molar-refractivity contribution in [2.75, 3.05) is 39.3 Å². The maximum Gasteiger partial charge on any atom is 0.124 e. The van der Waals surface area contributed by atoms with Crippen molar-refractivity contribution in [2.24, 2.45) is 0 Å². The number of benzene rings is 2. The van der Waals surface area contributed by atoms with E-state index in [2.05, 4.69) is 9.80 Å². The Morgan fingerprint density at radius 1 is 1.11 bits per heavy atom. The second-order valence-corrected chi connectivity index (χ2v) is 7.45. The minimum Gasteiger partial charge on any atom is -0.491 e. The van der Waals surface area contributed by atoms with Crippen LogP contribution >= 0.6 is 11.6 Å². The summed E-state index contributed by atoms with van der Waals surface area (Å²) in [5, 5.41) is 10.8. The number of piperazine rings is 1. The average molecular weight is 393 g/mol. The van der Waals surface area contributed by atoms with E-state index in [0.717, 1.165) is 43.1 Å². The lowest BCUT2D eigenvalue weighted by Gasteiger charge is -2.35. The predicted molar refractivity (Wildman–Crippen MR) is 106 cm³/mol. The molecule has 0 bridgehead atoms. The number of aryl methyl sites for hydroxylation is 1. The van der Waals surface area contributed by atoms with Crippen LogP contribution < -0.4 is 4.74 Å². The molecule has 0 aliphatic carbocycles. The number of hydrogen-bond acceptors (Lipinski definition) is 4. The van der Waals surface area contributed by atoms with Crippen molar-refractivity contribution < 1.29 is 14.2 Å². The van der Waals surface area contributed by atoms with Crippen LogP contribution in [0.2, 0.25) is 5.02 Å². The highest BCUT2D eigenvalue weighted by Crippen LogP contribution is 2.20. The molecule has 3 rings (SSSR count). The second kappa shape index (κ2) is 9.51. The zero-order valence-corrected chi connectivity index (χ0v) is 16.3. The molecule has 1 fully saturated rings. The molecule has 0 amide bonds. The molecule has 0 radical (unpaired) electrons. The van der Waals surface area contributed by atoms with E-state index in [1.165, 1.54) is 12.1 Å². The smallest absolute Gasteiger partial charge is 0.124 e. The molecule has 1 aliphatic rings. The number of ether oxygens (including phenoxy) is 1. The van der Waals surface area contributed by atoms with E-state index in [1.807, 2.05) is 31.2 Å². The molecule has 6 heteroatoms. The molecule has 1 atom stereocenters. The van der Waals surface area contributed by atoms with Crippen LogP contribution in [0.1, 0.15) is 11.1 Å². The highest BCUT2D eigenvalue weighted by molar-refractivity contribution is 6.31. The first kappa shape index (κ1) is 20.1. The Morgan fingerprint density at radius 3 is 2.52 bits per heavy atom. The molecular formula is C21H26ClFN2O2. The lowest BCUT2D eigenvalue weighted by molar-refractivity contribution is 0.0445. The fourth-order valence-electron chi connectivity index (χ4n) is 3.28. The van der Waals surface area contributed by atoms with Crippen molar-refractivity contribution in [1.29, 1.82) is 0 Å². The number of halogens is 2. The van der Waals surface area contributed by atoms with Gasteiger partial charge in [-0.05, 0) is 36.2 Å². The summed E-state index contributed by atoms with van der Waals surface area (Å²) in [5.74, 6) is 0.507. The van der Waals surface area contributed by atoms with Crippen molar-refractivity contribution >= 4 is 11.6 Å². The van der Waals surface area contributed by atoms with E-state index in [9.17, 15) is 9.50 Å². The monoisotopic (exact) mass is 392 g/mol. The van der Waals surface area contributed by atoms with Gasteiger partial charge in [-0.2, -0.15) is 0 Å². The third kappa shape index (κ3) is 5.91. The second-order valence-electron chi connectivity index (χ2n) is 7.04. The summed E-state index contributed by atoms with van der Waals surface area (Å²) in [4.78, 5) is 4.54. The average Bonchev–Trinajstić information content (AvgIpc) is 2.65. The number of rotatable bonds is 7. The van der Waals surface area contributed by atoms with E-state index in [0.29, 0.717) is 18.1 Å². The maximum atomic E-state index is 13.2. The Labute approximate surface area is 165 Å². The number of β-amino-alcohol motifs (C(OH)–C–C–N with tert-alkyl or cyclic N) is 1. The van der Waals surface area contributed by atoms with Crippen molar-refractivity contribution in [2.45, 2.75) is 19.6 Å². The Bertz CT molecular complexity index is 751. The summed E-state index contributed by atoms with van der Waals surface area (Å²) >= 11 is 6.12. The van der Waals surface area contributed by atoms with Gasteiger partial charge in [0.25, 0.3) is 0 Å². The molecule has 1 unspecified atom stereocenters. The molecule has 146 valence electrons. The molecular weight excluding hydrogens is 367 g/mol. The first-order valence-electron chi connectivity index (χ1n) is 9.26. The Kier molecular flexibility index (Phi) is 7.07. The molecule has 1 heterocycles. The zero-order chi connectivity index (χ0) is 19.2. The first-order chi connectivity index (χ1) is 13.0. The lowest BCUT2D eigenvalue weighted by Crippen LogP contribution is -2.48. The molecule has 2 aromatic carbocycles. The number of hydrogen-bond donors (Lipinski definition) is 1. The van der Waals surface area contributed by atoms with Gasteiger partial charge in [0.05, 0.1) is 0 Å². The third-order valence-corrected chi connectivity index (χ3v) is 5.22. The number of nitrogens with zero attached hydrogens (tertiary/aromatic N) is 2. The SMILES string of the molecule is Cc1ccccc1OCC(O)CN1CCN(Cc2ccc(F)cc2Cl)CC1. The van der Waals surface area contributed by atoms with Gasteiger partial charge in [-0.25, -0.2) is 4.39 Å². The van der Waals surface area contributed by atoms with Crippen molar-refractivity contribution in [1.82, 2.24) is 9.80 Å². The summed E-state index contributed by atoms with van der Waals surface area (Å²) in [7, 11) is 0. The van der Waals surface area contributed by atoms with Crippen LogP contribution in [-0.4, -0.2) is 60.3 Å². The van der Waals surface area contributed by atoms with Crippen LogP contribution in [0.3, 0.4) is 0 Å². The molecule has 1 saturated heterocycles. The van der Waals surface area contributed by atoms with Gasteiger partial charge >= 0.3 is 0 Å². The zero-order valence-electron chi connectivity index (χ0n) is 15.6. The van der Waals surface area contributed by atoms with Crippen LogP contribution in [0.5, 0.6) is 5.75 Å². The quantitative estimate of drug-likeness (QED) is 0.784. The van der Waals surface area contributed by atoms with Gasteiger partial charge in [0.15, 0.2) is 0 Å². The Balaban J connectivity index is 1.40. The number of para-hydroxylation sites is 1. The molecule has 27 heavy (non-hydrogen) atoms. The normalized spacial score (nSPS) is 17.0. The van der Waals surface area contributed by atoms with Gasteiger partial charge in [0.1, 0.15) is 24.3 Å². The van der Waals surface area contributed by atoms with Gasteiger partial charge in [0.2, 0.25) is 0 Å². The highest BCUT2D eigenvalue weighted by atomic mass is 35.5. The van der Waals surface area contributed by atoms with Crippen LogP contribution in [0.15, 0.2) is 42.5 Å². The molecule has 1 aliphatic heterocycles. The van der Waals surface area contributed by atoms with Gasteiger partial charge < -0.3 is 9.84 Å². The van der Waals surface area contributed by atoms with Crippen LogP contribution in [0.4, 0.5) is 4.39 Å². The van der Waals surface area contributed by atoms with Crippen LogP contribution in [-0.2, 0) is 6.54 Å². The molecule has 1 N–H and O–H groups in total. The fraction of sp³-hybridized carbons (Fsp3) is 0.429. The Morgan fingerprint density at radius 2 is 1.81 bits per heavy atom. The highest BCUT2D eigenvalue weighted by Gasteiger charge is 2.20. The predicted octanol–water partition coefficient (Wildman–Crippen LogP) is 3.35. The van der Waals surface area contributed by atoms with E-state index in [-0.39, 0.29) is 12.4 Å². The van der Waals surface area contributed by atoms with Gasteiger partial charge in [0, 0.05) is 44.3 Å². The van der Waals surface area contributed by atoms with Crippen molar-refractivity contribution in [3.63, 3.8) is 0 Å². The van der Waals surface area contributed by atoms with Crippen molar-refractivity contribution in [3.05, 3.63) is 64.4 Å². The standard InChI is InChI=1S/C21H26ClFN2O2/c1-16-4-2-3-5-21(16)27-15-19(26)14-25-10-8-24(9-11-25)13-17-6-7-18(23)12-20(17)22/h2-7,12,19,26H,8-11,13-15H2,1H3. The molecule has 0 spiro atoms. The summed E-state index contributed by atoms with van der Waals surface area (Å²) in [6.45, 7) is 7.12. The van der Waals surface area contributed by atoms with E-state index in [4.69, 9.17) is 16.3 Å². The lowest BCUT2D eigenvalue weighted by atomic mass is 10.2. The van der Waals surface area contributed by atoms with E-state index < -0.39 is 6.10 Å². The minimum absolute atomic E-state index is 0.288. The number of aliphatic hydroxyl groups excluding tert-OH is 1. The first-order valence-corrected chi connectivity index (χ1v) is 9.64. The Hall–Kier alpha value is -1.66. The molecule has 0 aromatic heterocycles. The van der Waals surface area contributed by atoms with Crippen LogP contribution in [0, 0.1) is 12.7 Å². The summed E-state index contributed by atoms with van der Waals surface area (Å²) in [6.07, 6.45) is -0.525. The summed E-state index contributed by atoms with van der Waals surface area (Å²) < 4.78 is 18.9. The van der Waals surface area contributed by atoms with Gasteiger partial charge in [-0.3, -0.25) is 9.80 Å². The van der Waals surface area contributed by atoms with Gasteiger partial charge in [-0.15, -0.1) is 0 Å². The maximum absolute atomic E-state index is 13.2. The largest absolute Gasteiger partial charge is 0.491 e. The minimum atomic E-state index is -0.525. The summed E-state index contributed by atoms with van der Waals surface area (Å²) in [6, 6.07) is 12.4. The number of aliphatic hydroxyl groups is 1. The van der Waals surface area contributed by atoms with Crippen LogP contribution in [0.25, 0.3) is 0 Å². The fourth-order valence-corrected chi connectivity index (χ4v) is 3.50. The third-order valence-electron chi connectivity index (χ3n) is 4.87. The molecule has 2 aromatic rings. The molecule has 0 saturated carbocycles. The summed E-state index contributed by atoms with van der Waals surface area (Å²) in [5.41, 5.74) is 2.01. The van der Waals surface area contributed by atoms with E-state index in [1.54, 1.807) is 6.07 Å². The molecule has 4 nitrogen and oxygen atoms in total. The van der Waals surface area contributed by atoms with E-state index >= 15 is 0 Å². The van der Waals surface area contributed by atoms with Crippen molar-refractivity contribution in [3.8, 4) is 5.75 Å². The topological polar surface area (TPSA) is 35.9 Å². The van der Waals surface area contributed by atoms with Gasteiger partial charge in [-0.1, -0.05) is 35.9 Å².